The number of aliphatic hydroxyl groups is 1. The van der Waals surface area contributed by atoms with Gasteiger partial charge in [0.2, 0.25) is 0 Å². The quantitative estimate of drug-likeness (QED) is 0.621. The number of thiazole rings is 1. The van der Waals surface area contributed by atoms with Gasteiger partial charge in [-0.25, -0.2) is 9.97 Å². The molecule has 26 heavy (non-hydrogen) atoms. The van der Waals surface area contributed by atoms with Gasteiger partial charge in [-0.2, -0.15) is 5.26 Å². The van der Waals surface area contributed by atoms with Gasteiger partial charge in [-0.15, -0.1) is 11.3 Å². The van der Waals surface area contributed by atoms with Crippen LogP contribution >= 0.6 is 11.3 Å². The lowest BCUT2D eigenvalue weighted by Crippen LogP contribution is -2.30. The molecular formula is C17H13N5O3S. The van der Waals surface area contributed by atoms with Crippen molar-refractivity contribution in [2.24, 2.45) is 0 Å². The Kier molecular flexibility index (Phi) is 5.17. The van der Waals surface area contributed by atoms with Gasteiger partial charge >= 0.3 is 0 Å². The lowest BCUT2D eigenvalue weighted by Gasteiger charge is -2.15. The molecule has 3 N–H and O–H groups in total. The molecule has 0 aliphatic heterocycles. The summed E-state index contributed by atoms with van der Waals surface area (Å²) in [6.45, 7) is -0.262. The Hall–Kier alpha value is -3.35. The average molecular weight is 367 g/mol. The Morgan fingerprint density at radius 3 is 2.81 bits per heavy atom. The summed E-state index contributed by atoms with van der Waals surface area (Å²) in [7, 11) is 0. The molecule has 3 aromatic rings. The number of aromatic nitrogens is 3. The summed E-state index contributed by atoms with van der Waals surface area (Å²) in [5, 5.41) is 21.5. The first-order valence-electron chi connectivity index (χ1n) is 7.54. The third-order valence-corrected chi connectivity index (χ3v) is 4.59. The first-order valence-corrected chi connectivity index (χ1v) is 8.36. The van der Waals surface area contributed by atoms with Crippen molar-refractivity contribution in [1.82, 2.24) is 20.3 Å². The van der Waals surface area contributed by atoms with Crippen LogP contribution in [0.4, 0.5) is 0 Å². The molecule has 8 nitrogen and oxygen atoms in total. The van der Waals surface area contributed by atoms with E-state index in [-0.39, 0.29) is 22.9 Å². The van der Waals surface area contributed by atoms with Crippen LogP contribution in [0.25, 0.3) is 10.6 Å². The average Bonchev–Trinajstić information content (AvgIpc) is 3.16. The van der Waals surface area contributed by atoms with E-state index in [2.05, 4.69) is 20.3 Å². The molecule has 0 aliphatic carbocycles. The van der Waals surface area contributed by atoms with Crippen molar-refractivity contribution in [1.29, 1.82) is 5.26 Å². The molecule has 2 aromatic heterocycles. The molecule has 0 bridgehead atoms. The number of nitriles is 1. The van der Waals surface area contributed by atoms with E-state index in [1.165, 1.54) is 12.5 Å². The largest absolute Gasteiger partial charge is 0.394 e. The second-order valence-corrected chi connectivity index (χ2v) is 6.25. The van der Waals surface area contributed by atoms with E-state index >= 15 is 0 Å². The minimum absolute atomic E-state index is 0.138. The predicted octanol–water partition coefficient (Wildman–Crippen LogP) is 1.23. The van der Waals surface area contributed by atoms with Crippen molar-refractivity contribution < 1.29 is 9.90 Å². The van der Waals surface area contributed by atoms with Crippen LogP contribution in [0.1, 0.15) is 27.0 Å². The third-order valence-electron chi connectivity index (χ3n) is 3.59. The van der Waals surface area contributed by atoms with E-state index in [1.807, 2.05) is 18.2 Å². The van der Waals surface area contributed by atoms with Crippen molar-refractivity contribution in [3.63, 3.8) is 0 Å². The molecule has 130 valence electrons. The molecule has 1 atom stereocenters. The number of carbonyl (C=O) groups is 1. The van der Waals surface area contributed by atoms with Gasteiger partial charge in [0.25, 0.3) is 11.5 Å². The standard InChI is InChI=1S/C17H13N5O3S/c18-6-11-14(20-9-21-15(11)24)13-7-19-17(26-13)16(25)22-12(8-23)10-4-2-1-3-5-10/h1-5,7,9,12,23H,8H2,(H,22,25)(H,20,21,24). The summed E-state index contributed by atoms with van der Waals surface area (Å²) in [4.78, 5) is 34.9. The summed E-state index contributed by atoms with van der Waals surface area (Å²) in [6, 6.07) is 10.3. The minimum Gasteiger partial charge on any atom is -0.394 e. The molecule has 0 radical (unpaired) electrons. The van der Waals surface area contributed by atoms with Crippen LogP contribution in [0.15, 0.2) is 47.7 Å². The van der Waals surface area contributed by atoms with Crippen LogP contribution in [0.3, 0.4) is 0 Å². The lowest BCUT2D eigenvalue weighted by molar-refractivity contribution is 0.0916. The van der Waals surface area contributed by atoms with E-state index in [1.54, 1.807) is 18.2 Å². The van der Waals surface area contributed by atoms with Crippen LogP contribution in [-0.4, -0.2) is 32.6 Å². The van der Waals surface area contributed by atoms with E-state index in [4.69, 9.17) is 5.26 Å². The van der Waals surface area contributed by atoms with E-state index in [0.29, 0.717) is 4.88 Å². The molecule has 9 heteroatoms. The molecule has 0 fully saturated rings. The molecule has 3 rings (SSSR count). The Labute approximate surface area is 151 Å². The van der Waals surface area contributed by atoms with Crippen LogP contribution in [-0.2, 0) is 0 Å². The highest BCUT2D eigenvalue weighted by Gasteiger charge is 2.20. The van der Waals surface area contributed by atoms with Crippen LogP contribution in [0, 0.1) is 11.3 Å². The molecule has 1 amide bonds. The number of amides is 1. The summed E-state index contributed by atoms with van der Waals surface area (Å²) in [6.07, 6.45) is 2.58. The van der Waals surface area contributed by atoms with E-state index in [0.717, 1.165) is 16.9 Å². The maximum Gasteiger partial charge on any atom is 0.280 e. The highest BCUT2D eigenvalue weighted by Crippen LogP contribution is 2.26. The van der Waals surface area contributed by atoms with Gasteiger partial charge in [0.1, 0.15) is 17.3 Å². The second kappa shape index (κ2) is 7.69. The highest BCUT2D eigenvalue weighted by atomic mass is 32.1. The number of nitrogens with one attached hydrogen (secondary N) is 2. The van der Waals surface area contributed by atoms with Gasteiger partial charge in [0, 0.05) is 6.20 Å². The minimum atomic E-state index is -0.566. The van der Waals surface area contributed by atoms with E-state index in [9.17, 15) is 14.7 Å². The molecular weight excluding hydrogens is 354 g/mol. The topological polar surface area (TPSA) is 132 Å². The Bertz CT molecular complexity index is 1020. The fraction of sp³-hybridized carbons (Fsp3) is 0.118. The molecule has 0 saturated heterocycles. The first-order chi connectivity index (χ1) is 12.6. The molecule has 0 saturated carbocycles. The summed E-state index contributed by atoms with van der Waals surface area (Å²) in [5.74, 6) is -0.465. The fourth-order valence-electron chi connectivity index (χ4n) is 2.32. The number of aromatic amines is 1. The summed E-state index contributed by atoms with van der Waals surface area (Å²) in [5.41, 5.74) is 0.250. The molecule has 1 aromatic carbocycles. The van der Waals surface area contributed by atoms with Crippen molar-refractivity contribution >= 4 is 17.2 Å². The molecule has 1 unspecified atom stereocenters. The zero-order valence-corrected chi connectivity index (χ0v) is 14.2. The zero-order valence-electron chi connectivity index (χ0n) is 13.3. The Balaban J connectivity index is 1.84. The fourth-order valence-corrected chi connectivity index (χ4v) is 3.14. The van der Waals surface area contributed by atoms with Gasteiger partial charge in [-0.1, -0.05) is 30.3 Å². The maximum absolute atomic E-state index is 12.4. The van der Waals surface area contributed by atoms with Crippen molar-refractivity contribution in [2.75, 3.05) is 6.61 Å². The van der Waals surface area contributed by atoms with Crippen molar-refractivity contribution in [3.05, 3.63) is 69.3 Å². The first kappa shape index (κ1) is 17.5. The molecule has 0 spiro atoms. The van der Waals surface area contributed by atoms with Gasteiger partial charge in [0.15, 0.2) is 5.01 Å². The smallest absolute Gasteiger partial charge is 0.280 e. The number of benzene rings is 1. The summed E-state index contributed by atoms with van der Waals surface area (Å²) >= 11 is 1.01. The number of nitrogens with zero attached hydrogens (tertiary/aromatic N) is 3. The van der Waals surface area contributed by atoms with Crippen LogP contribution in [0.5, 0.6) is 0 Å². The van der Waals surface area contributed by atoms with Gasteiger partial charge in [0.05, 0.1) is 23.9 Å². The Morgan fingerprint density at radius 1 is 1.35 bits per heavy atom. The monoisotopic (exact) mass is 367 g/mol. The Morgan fingerprint density at radius 2 is 2.12 bits per heavy atom. The SMILES string of the molecule is N#Cc1c(-c2cnc(C(=O)NC(CO)c3ccccc3)s2)nc[nH]c1=O. The number of carbonyl (C=O) groups excluding carboxylic acids is 1. The van der Waals surface area contributed by atoms with Gasteiger partial charge < -0.3 is 15.4 Å². The molecule has 0 aliphatic rings. The van der Waals surface area contributed by atoms with Gasteiger partial charge in [-0.05, 0) is 5.56 Å². The number of aliphatic hydroxyl groups excluding tert-OH is 1. The number of H-pyrrole nitrogens is 1. The normalized spacial score (nSPS) is 11.5. The van der Waals surface area contributed by atoms with Crippen LogP contribution in [0.2, 0.25) is 0 Å². The van der Waals surface area contributed by atoms with Crippen molar-refractivity contribution in [3.8, 4) is 16.6 Å². The van der Waals surface area contributed by atoms with Crippen molar-refractivity contribution in [2.45, 2.75) is 6.04 Å². The zero-order chi connectivity index (χ0) is 18.5. The third kappa shape index (κ3) is 3.51. The maximum atomic E-state index is 12.4. The van der Waals surface area contributed by atoms with E-state index < -0.39 is 17.5 Å². The van der Waals surface area contributed by atoms with Crippen LogP contribution < -0.4 is 10.9 Å². The second-order valence-electron chi connectivity index (χ2n) is 5.22. The van der Waals surface area contributed by atoms with Gasteiger partial charge in [-0.3, -0.25) is 9.59 Å². The molecule has 2 heterocycles. The number of rotatable bonds is 5. The highest BCUT2D eigenvalue weighted by molar-refractivity contribution is 7.16. The predicted molar refractivity (Wildman–Crippen MR) is 94.4 cm³/mol. The lowest BCUT2D eigenvalue weighted by atomic mass is 10.1. The summed E-state index contributed by atoms with van der Waals surface area (Å²) < 4.78 is 0. The number of hydrogen-bond acceptors (Lipinski definition) is 7. The number of hydrogen-bond donors (Lipinski definition) is 3.